The van der Waals surface area contributed by atoms with Gasteiger partial charge in [-0.15, -0.1) is 0 Å². The number of ether oxygens (including phenoxy) is 1. The third kappa shape index (κ3) is 3.05. The maximum absolute atomic E-state index is 11.8. The highest BCUT2D eigenvalue weighted by Gasteiger charge is 2.17. The average Bonchev–Trinajstić information content (AvgIpc) is 2.42. The van der Waals surface area contributed by atoms with E-state index in [-0.39, 0.29) is 5.56 Å². The van der Waals surface area contributed by atoms with Gasteiger partial charge in [0.25, 0.3) is 0 Å². The fourth-order valence-electron chi connectivity index (χ4n) is 1.72. The zero-order valence-corrected chi connectivity index (χ0v) is 13.0. The molecule has 4 nitrogen and oxygen atoms in total. The molecule has 0 atom stereocenters. The molecule has 2 aromatic carbocycles. The first-order valence-corrected chi connectivity index (χ1v) is 6.89. The molecule has 2 rings (SSSR count). The van der Waals surface area contributed by atoms with Crippen molar-refractivity contribution in [1.29, 1.82) is 0 Å². The zero-order chi connectivity index (χ0) is 14.7. The topological polar surface area (TPSA) is 64.3 Å². The second-order valence-corrected chi connectivity index (χ2v) is 5.28. The number of esters is 1. The van der Waals surface area contributed by atoms with Crippen molar-refractivity contribution in [2.45, 2.75) is 0 Å². The molecule has 0 aliphatic heterocycles. The number of hydrogen-bond acceptors (Lipinski definition) is 4. The number of hydrogen-bond donors (Lipinski definition) is 2. The molecular formula is C14H12BrClN2O2. The molecule has 0 aliphatic carbocycles. The van der Waals surface area contributed by atoms with Gasteiger partial charge in [0.05, 0.1) is 29.1 Å². The van der Waals surface area contributed by atoms with Crippen LogP contribution in [0.5, 0.6) is 0 Å². The van der Waals surface area contributed by atoms with E-state index in [4.69, 9.17) is 22.1 Å². The number of methoxy groups -OCH3 is 1. The second-order valence-electron chi connectivity index (χ2n) is 4.02. The molecule has 2 aromatic rings. The van der Waals surface area contributed by atoms with Crippen molar-refractivity contribution in [3.63, 3.8) is 0 Å². The summed E-state index contributed by atoms with van der Waals surface area (Å²) in [5.41, 5.74) is 7.64. The average molecular weight is 356 g/mol. The number of benzene rings is 2. The molecule has 0 fully saturated rings. The van der Waals surface area contributed by atoms with E-state index in [0.717, 1.165) is 10.2 Å². The van der Waals surface area contributed by atoms with E-state index in [2.05, 4.69) is 21.2 Å². The summed E-state index contributed by atoms with van der Waals surface area (Å²) in [5, 5.41) is 3.46. The van der Waals surface area contributed by atoms with Crippen LogP contribution >= 0.6 is 27.5 Å². The van der Waals surface area contributed by atoms with Crippen LogP contribution in [0.4, 0.5) is 17.1 Å². The fraction of sp³-hybridized carbons (Fsp3) is 0.0714. The molecular weight excluding hydrogens is 344 g/mol. The number of nitrogens with two attached hydrogens (primary N) is 1. The number of nitrogens with one attached hydrogen (secondary N) is 1. The van der Waals surface area contributed by atoms with E-state index in [1.54, 1.807) is 6.07 Å². The quantitative estimate of drug-likeness (QED) is 0.639. The van der Waals surface area contributed by atoms with Crippen LogP contribution in [0.25, 0.3) is 0 Å². The SMILES string of the molecule is COC(=O)c1cc(N)cc(Cl)c1Nc1ccccc1Br. The van der Waals surface area contributed by atoms with Gasteiger partial charge >= 0.3 is 5.97 Å². The Kier molecular flexibility index (Phi) is 4.52. The lowest BCUT2D eigenvalue weighted by molar-refractivity contribution is 0.0602. The summed E-state index contributed by atoms with van der Waals surface area (Å²) >= 11 is 9.60. The Balaban J connectivity index is 2.50. The molecule has 20 heavy (non-hydrogen) atoms. The van der Waals surface area contributed by atoms with E-state index in [1.807, 2.05) is 24.3 Å². The lowest BCUT2D eigenvalue weighted by Gasteiger charge is -2.14. The summed E-state index contributed by atoms with van der Waals surface area (Å²) in [7, 11) is 1.31. The molecule has 0 spiro atoms. The Morgan fingerprint density at radius 1 is 1.35 bits per heavy atom. The number of rotatable bonds is 3. The van der Waals surface area contributed by atoms with Gasteiger partial charge in [0.1, 0.15) is 0 Å². The van der Waals surface area contributed by atoms with Gasteiger partial charge in [-0.25, -0.2) is 4.79 Å². The number of anilines is 3. The molecule has 0 aliphatic rings. The second kappa shape index (κ2) is 6.15. The molecule has 0 unspecified atom stereocenters. The summed E-state index contributed by atoms with van der Waals surface area (Å²) in [5.74, 6) is -0.506. The predicted molar refractivity (Wildman–Crippen MR) is 84.6 cm³/mol. The Morgan fingerprint density at radius 3 is 2.70 bits per heavy atom. The third-order valence-corrected chi connectivity index (χ3v) is 3.64. The van der Waals surface area contributed by atoms with Crippen LogP contribution in [0, 0.1) is 0 Å². The minimum Gasteiger partial charge on any atom is -0.465 e. The van der Waals surface area contributed by atoms with Crippen LogP contribution in [0.3, 0.4) is 0 Å². The normalized spacial score (nSPS) is 10.2. The monoisotopic (exact) mass is 354 g/mol. The van der Waals surface area contributed by atoms with Crippen molar-refractivity contribution in [2.24, 2.45) is 0 Å². The van der Waals surface area contributed by atoms with Crippen molar-refractivity contribution in [3.05, 3.63) is 51.5 Å². The Labute approximate surface area is 130 Å². The van der Waals surface area contributed by atoms with E-state index in [0.29, 0.717) is 16.4 Å². The Hall–Kier alpha value is -1.72. The zero-order valence-electron chi connectivity index (χ0n) is 10.6. The fourth-order valence-corrected chi connectivity index (χ4v) is 2.38. The number of halogens is 2. The summed E-state index contributed by atoms with van der Waals surface area (Å²) in [4.78, 5) is 11.8. The molecule has 0 heterocycles. The molecule has 3 N–H and O–H groups in total. The van der Waals surface area contributed by atoms with Gasteiger partial charge < -0.3 is 15.8 Å². The highest BCUT2D eigenvalue weighted by atomic mass is 79.9. The molecule has 104 valence electrons. The van der Waals surface area contributed by atoms with Crippen molar-refractivity contribution >= 4 is 50.6 Å². The van der Waals surface area contributed by atoms with E-state index in [9.17, 15) is 4.79 Å². The smallest absolute Gasteiger partial charge is 0.340 e. The molecule has 0 saturated heterocycles. The van der Waals surface area contributed by atoms with Crippen LogP contribution < -0.4 is 11.1 Å². The van der Waals surface area contributed by atoms with Gasteiger partial charge in [-0.1, -0.05) is 23.7 Å². The van der Waals surface area contributed by atoms with Gasteiger partial charge in [0.2, 0.25) is 0 Å². The molecule has 0 aromatic heterocycles. The van der Waals surface area contributed by atoms with Crippen molar-refractivity contribution in [3.8, 4) is 0 Å². The summed E-state index contributed by atoms with van der Waals surface area (Å²) in [6, 6.07) is 10.6. The van der Waals surface area contributed by atoms with Gasteiger partial charge in [-0.05, 0) is 40.2 Å². The maximum Gasteiger partial charge on any atom is 0.340 e. The van der Waals surface area contributed by atoms with Crippen LogP contribution in [0.15, 0.2) is 40.9 Å². The number of para-hydroxylation sites is 1. The highest BCUT2D eigenvalue weighted by molar-refractivity contribution is 9.10. The highest BCUT2D eigenvalue weighted by Crippen LogP contribution is 2.34. The van der Waals surface area contributed by atoms with Gasteiger partial charge in [0, 0.05) is 10.2 Å². The van der Waals surface area contributed by atoms with Gasteiger partial charge in [0.15, 0.2) is 0 Å². The number of carbonyl (C=O) groups is 1. The molecule has 0 bridgehead atoms. The first-order chi connectivity index (χ1) is 9.52. The molecule has 0 saturated carbocycles. The first-order valence-electron chi connectivity index (χ1n) is 5.72. The summed E-state index contributed by atoms with van der Waals surface area (Å²) in [6.07, 6.45) is 0. The van der Waals surface area contributed by atoms with Crippen LogP contribution in [0.1, 0.15) is 10.4 Å². The van der Waals surface area contributed by atoms with Gasteiger partial charge in [-0.2, -0.15) is 0 Å². The van der Waals surface area contributed by atoms with Crippen LogP contribution in [-0.4, -0.2) is 13.1 Å². The Morgan fingerprint density at radius 2 is 2.05 bits per heavy atom. The lowest BCUT2D eigenvalue weighted by atomic mass is 10.1. The van der Waals surface area contributed by atoms with Crippen molar-refractivity contribution in [2.75, 3.05) is 18.2 Å². The van der Waals surface area contributed by atoms with E-state index < -0.39 is 5.97 Å². The summed E-state index contributed by atoms with van der Waals surface area (Å²) in [6.45, 7) is 0. The molecule has 0 amide bonds. The summed E-state index contributed by atoms with van der Waals surface area (Å²) < 4.78 is 5.60. The lowest BCUT2D eigenvalue weighted by Crippen LogP contribution is -2.07. The molecule has 0 radical (unpaired) electrons. The van der Waals surface area contributed by atoms with Gasteiger partial charge in [-0.3, -0.25) is 0 Å². The number of carbonyl (C=O) groups excluding carboxylic acids is 1. The van der Waals surface area contributed by atoms with E-state index >= 15 is 0 Å². The van der Waals surface area contributed by atoms with Crippen LogP contribution in [0.2, 0.25) is 5.02 Å². The molecule has 6 heteroatoms. The predicted octanol–water partition coefficient (Wildman–Crippen LogP) is 4.21. The standard InChI is InChI=1S/C14H12BrClN2O2/c1-20-14(19)9-6-8(17)7-11(16)13(9)18-12-5-3-2-4-10(12)15/h2-7,18H,17H2,1H3. The minimum absolute atomic E-state index is 0.285. The van der Waals surface area contributed by atoms with Crippen molar-refractivity contribution in [1.82, 2.24) is 0 Å². The van der Waals surface area contributed by atoms with Crippen LogP contribution in [-0.2, 0) is 4.74 Å². The van der Waals surface area contributed by atoms with Crippen molar-refractivity contribution < 1.29 is 9.53 Å². The largest absolute Gasteiger partial charge is 0.465 e. The minimum atomic E-state index is -0.506. The number of nitrogen functional groups attached to an aromatic ring is 1. The first kappa shape index (κ1) is 14.7. The third-order valence-electron chi connectivity index (χ3n) is 2.65. The Bertz CT molecular complexity index is 662. The maximum atomic E-state index is 11.8. The van der Waals surface area contributed by atoms with E-state index in [1.165, 1.54) is 13.2 Å².